The van der Waals surface area contributed by atoms with Crippen LogP contribution >= 0.6 is 0 Å². The summed E-state index contributed by atoms with van der Waals surface area (Å²) in [7, 11) is 0. The highest BCUT2D eigenvalue weighted by Crippen LogP contribution is 2.24. The summed E-state index contributed by atoms with van der Waals surface area (Å²) in [6.07, 6.45) is 0. The Hall–Kier alpha value is -3.60. The molecular formula is C20H22F2N8O. The number of hydrogen-bond acceptors (Lipinski definition) is 7. The molecule has 9 nitrogen and oxygen atoms in total. The molecule has 3 aromatic rings. The number of anilines is 3. The highest BCUT2D eigenvalue weighted by molar-refractivity contribution is 5.81. The predicted molar refractivity (Wildman–Crippen MR) is 111 cm³/mol. The summed E-state index contributed by atoms with van der Waals surface area (Å²) in [4.78, 5) is 22.6. The SMILES string of the molecule is Cc1cc(C)n(-c2nc(Nc3ccc(F)cc3F)cc(N3CCNC(C(N)=O)C3)n2)n1. The lowest BCUT2D eigenvalue weighted by Crippen LogP contribution is -2.56. The monoisotopic (exact) mass is 428 g/mol. The number of nitrogens with two attached hydrogens (primary N) is 1. The molecule has 4 rings (SSSR count). The molecular weight excluding hydrogens is 406 g/mol. The second-order valence-electron chi connectivity index (χ2n) is 7.35. The van der Waals surface area contributed by atoms with Crippen molar-refractivity contribution >= 4 is 23.2 Å². The van der Waals surface area contributed by atoms with E-state index in [2.05, 4.69) is 25.7 Å². The zero-order valence-corrected chi connectivity index (χ0v) is 17.1. The van der Waals surface area contributed by atoms with Gasteiger partial charge >= 0.3 is 0 Å². The molecule has 4 N–H and O–H groups in total. The van der Waals surface area contributed by atoms with Gasteiger partial charge in [-0.2, -0.15) is 15.1 Å². The fraction of sp³-hybridized carbons (Fsp3) is 0.300. The molecule has 1 atom stereocenters. The zero-order chi connectivity index (χ0) is 22.1. The van der Waals surface area contributed by atoms with E-state index >= 15 is 0 Å². The van der Waals surface area contributed by atoms with Gasteiger partial charge in [-0.05, 0) is 32.0 Å². The van der Waals surface area contributed by atoms with Crippen LogP contribution in [0.5, 0.6) is 0 Å². The number of aryl methyl sites for hydroxylation is 2. The van der Waals surface area contributed by atoms with Crippen LogP contribution in [0.4, 0.5) is 26.1 Å². The van der Waals surface area contributed by atoms with Gasteiger partial charge < -0.3 is 21.3 Å². The van der Waals surface area contributed by atoms with E-state index in [9.17, 15) is 13.6 Å². The Bertz CT molecular complexity index is 1130. The van der Waals surface area contributed by atoms with E-state index < -0.39 is 23.6 Å². The summed E-state index contributed by atoms with van der Waals surface area (Å²) >= 11 is 0. The summed E-state index contributed by atoms with van der Waals surface area (Å²) in [6.45, 7) is 5.18. The number of nitrogens with zero attached hydrogens (tertiary/aromatic N) is 5. The van der Waals surface area contributed by atoms with Crippen LogP contribution in [-0.4, -0.2) is 51.3 Å². The van der Waals surface area contributed by atoms with Crippen molar-refractivity contribution in [3.63, 3.8) is 0 Å². The Labute approximate surface area is 177 Å². The van der Waals surface area contributed by atoms with E-state index in [1.807, 2.05) is 24.8 Å². The van der Waals surface area contributed by atoms with E-state index in [0.29, 0.717) is 31.3 Å². The molecule has 1 unspecified atom stereocenters. The van der Waals surface area contributed by atoms with Gasteiger partial charge in [0.1, 0.15) is 29.3 Å². The summed E-state index contributed by atoms with van der Waals surface area (Å²) < 4.78 is 29.0. The van der Waals surface area contributed by atoms with Gasteiger partial charge in [0.15, 0.2) is 0 Å². The number of amides is 1. The first-order chi connectivity index (χ1) is 14.8. The average Bonchev–Trinajstić information content (AvgIpc) is 3.08. The Balaban J connectivity index is 1.75. The minimum Gasteiger partial charge on any atom is -0.368 e. The molecule has 1 saturated heterocycles. The fourth-order valence-electron chi connectivity index (χ4n) is 3.45. The van der Waals surface area contributed by atoms with E-state index in [1.165, 1.54) is 6.07 Å². The van der Waals surface area contributed by atoms with Crippen molar-refractivity contribution in [3.05, 3.63) is 53.4 Å². The van der Waals surface area contributed by atoms with Crippen molar-refractivity contribution < 1.29 is 13.6 Å². The van der Waals surface area contributed by atoms with E-state index in [0.717, 1.165) is 23.5 Å². The molecule has 0 aliphatic carbocycles. The van der Waals surface area contributed by atoms with Crippen LogP contribution < -0.4 is 21.3 Å². The first kappa shape index (κ1) is 20.7. The van der Waals surface area contributed by atoms with Crippen molar-refractivity contribution in [1.82, 2.24) is 25.1 Å². The van der Waals surface area contributed by atoms with Crippen LogP contribution in [0.2, 0.25) is 0 Å². The number of rotatable bonds is 5. The second kappa shape index (κ2) is 8.26. The van der Waals surface area contributed by atoms with E-state index in [4.69, 9.17) is 5.73 Å². The first-order valence-electron chi connectivity index (χ1n) is 9.72. The number of primary amides is 1. The van der Waals surface area contributed by atoms with Crippen molar-refractivity contribution in [2.75, 3.05) is 29.9 Å². The van der Waals surface area contributed by atoms with Crippen LogP contribution in [0.15, 0.2) is 30.3 Å². The van der Waals surface area contributed by atoms with Gasteiger partial charge in [-0.3, -0.25) is 4.79 Å². The van der Waals surface area contributed by atoms with Gasteiger partial charge in [-0.15, -0.1) is 0 Å². The van der Waals surface area contributed by atoms with Crippen LogP contribution in [-0.2, 0) is 4.79 Å². The first-order valence-corrected chi connectivity index (χ1v) is 9.72. The van der Waals surface area contributed by atoms with Crippen molar-refractivity contribution in [2.24, 2.45) is 5.73 Å². The molecule has 1 aromatic carbocycles. The van der Waals surface area contributed by atoms with E-state index in [1.54, 1.807) is 10.7 Å². The van der Waals surface area contributed by atoms with Crippen LogP contribution in [0.25, 0.3) is 5.95 Å². The summed E-state index contributed by atoms with van der Waals surface area (Å²) in [5, 5.41) is 10.4. The van der Waals surface area contributed by atoms with E-state index in [-0.39, 0.29) is 11.6 Å². The predicted octanol–water partition coefficient (Wildman–Crippen LogP) is 1.56. The Morgan fingerprint density at radius 1 is 1.23 bits per heavy atom. The molecule has 11 heteroatoms. The molecule has 1 fully saturated rings. The van der Waals surface area contributed by atoms with Crippen LogP contribution in [0.3, 0.4) is 0 Å². The van der Waals surface area contributed by atoms with Crippen LogP contribution in [0, 0.1) is 25.5 Å². The Morgan fingerprint density at radius 2 is 2.03 bits per heavy atom. The summed E-state index contributed by atoms with van der Waals surface area (Å²) in [6, 6.07) is 6.25. The largest absolute Gasteiger partial charge is 0.368 e. The number of carbonyl (C=O) groups is 1. The average molecular weight is 428 g/mol. The molecule has 0 spiro atoms. The Morgan fingerprint density at radius 3 is 2.71 bits per heavy atom. The van der Waals surface area contributed by atoms with Gasteiger partial charge in [0.25, 0.3) is 5.95 Å². The maximum Gasteiger partial charge on any atom is 0.254 e. The molecule has 0 radical (unpaired) electrons. The molecule has 1 aliphatic heterocycles. The lowest BCUT2D eigenvalue weighted by molar-refractivity contribution is -0.120. The molecule has 31 heavy (non-hydrogen) atoms. The molecule has 2 aromatic heterocycles. The van der Waals surface area contributed by atoms with Crippen molar-refractivity contribution in [3.8, 4) is 5.95 Å². The van der Waals surface area contributed by atoms with Gasteiger partial charge in [0, 0.05) is 37.5 Å². The fourth-order valence-corrected chi connectivity index (χ4v) is 3.45. The maximum atomic E-state index is 14.2. The number of piperazine rings is 1. The number of hydrogen-bond donors (Lipinski definition) is 3. The third-order valence-corrected chi connectivity index (χ3v) is 4.94. The van der Waals surface area contributed by atoms with Crippen LogP contribution in [0.1, 0.15) is 11.4 Å². The van der Waals surface area contributed by atoms with Crippen molar-refractivity contribution in [1.29, 1.82) is 0 Å². The molecule has 3 heterocycles. The smallest absolute Gasteiger partial charge is 0.254 e. The standard InChI is InChI=1S/C20H22F2N8O/c1-11-7-12(2)30(28-11)20-26-17(25-15-4-3-13(21)8-14(15)22)9-18(27-20)29-6-5-24-16(10-29)19(23)31/h3-4,7-9,16,24H,5-6,10H2,1-2H3,(H2,23,31)(H,25,26,27). The minimum atomic E-state index is -0.746. The number of aromatic nitrogens is 4. The number of benzene rings is 1. The maximum absolute atomic E-state index is 14.2. The topological polar surface area (TPSA) is 114 Å². The molecule has 162 valence electrons. The Kier molecular flexibility index (Phi) is 5.51. The third kappa shape index (κ3) is 4.45. The summed E-state index contributed by atoms with van der Waals surface area (Å²) in [5.41, 5.74) is 7.14. The highest BCUT2D eigenvalue weighted by Gasteiger charge is 2.25. The second-order valence-corrected chi connectivity index (χ2v) is 7.35. The molecule has 0 bridgehead atoms. The lowest BCUT2D eigenvalue weighted by atomic mass is 10.2. The minimum absolute atomic E-state index is 0.0701. The van der Waals surface area contributed by atoms with Gasteiger partial charge in [-0.1, -0.05) is 0 Å². The number of halogens is 2. The third-order valence-electron chi connectivity index (χ3n) is 4.94. The molecule has 1 amide bonds. The quantitative estimate of drug-likeness (QED) is 0.565. The zero-order valence-electron chi connectivity index (χ0n) is 17.1. The lowest BCUT2D eigenvalue weighted by Gasteiger charge is -2.33. The van der Waals surface area contributed by atoms with Crippen molar-refractivity contribution in [2.45, 2.75) is 19.9 Å². The van der Waals surface area contributed by atoms with Gasteiger partial charge in [-0.25, -0.2) is 13.5 Å². The van der Waals surface area contributed by atoms with Gasteiger partial charge in [0.05, 0.1) is 11.4 Å². The molecule has 1 aliphatic rings. The summed E-state index contributed by atoms with van der Waals surface area (Å²) in [5.74, 6) is -0.772. The number of carbonyl (C=O) groups excluding carboxylic acids is 1. The molecule has 0 saturated carbocycles. The highest BCUT2D eigenvalue weighted by atomic mass is 19.1. The van der Waals surface area contributed by atoms with Gasteiger partial charge in [0.2, 0.25) is 5.91 Å². The normalized spacial score (nSPS) is 16.4. The number of nitrogens with one attached hydrogen (secondary N) is 2.